The van der Waals surface area contributed by atoms with Crippen LogP contribution >= 0.6 is 34.5 Å². The molecule has 0 aromatic carbocycles. The molecule has 0 saturated heterocycles. The van der Waals surface area contributed by atoms with E-state index >= 15 is 0 Å². The second-order valence-electron chi connectivity index (χ2n) is 5.54. The Bertz CT molecular complexity index is 776. The van der Waals surface area contributed by atoms with Crippen molar-refractivity contribution in [3.05, 3.63) is 18.1 Å². The fourth-order valence-corrected chi connectivity index (χ4v) is 3.85. The van der Waals surface area contributed by atoms with Crippen LogP contribution in [0.2, 0.25) is 0 Å². The van der Waals surface area contributed by atoms with E-state index in [0.717, 1.165) is 15.9 Å². The van der Waals surface area contributed by atoms with Crippen LogP contribution in [0, 0.1) is 12.3 Å². The first-order chi connectivity index (χ1) is 10.7. The number of aryl methyl sites for hydroxylation is 1. The number of nitrogens with zero attached hydrogens (tertiary/aromatic N) is 3. The van der Waals surface area contributed by atoms with E-state index in [2.05, 4.69) is 15.3 Å². The molecule has 1 unspecified atom stereocenters. The van der Waals surface area contributed by atoms with Gasteiger partial charge in [0.25, 0.3) is 0 Å². The number of aromatic nitrogens is 3. The number of thiazole rings is 1. The summed E-state index contributed by atoms with van der Waals surface area (Å²) >= 11 is 13.0. The van der Waals surface area contributed by atoms with Crippen molar-refractivity contribution in [1.82, 2.24) is 14.5 Å². The minimum Gasteiger partial charge on any atom is -0.301 e. The first-order valence-corrected chi connectivity index (χ1v) is 8.21. The Hall–Kier alpha value is -1.25. The summed E-state index contributed by atoms with van der Waals surface area (Å²) in [5.74, 6) is -0.239. The summed E-state index contributed by atoms with van der Waals surface area (Å²) in [6.45, 7) is 0.622. The van der Waals surface area contributed by atoms with Gasteiger partial charge in [-0.25, -0.2) is 9.97 Å². The average molecular weight is 381 g/mol. The second kappa shape index (κ2) is 5.39. The van der Waals surface area contributed by atoms with E-state index in [0.29, 0.717) is 22.1 Å². The van der Waals surface area contributed by atoms with Crippen molar-refractivity contribution in [2.45, 2.75) is 31.2 Å². The van der Waals surface area contributed by atoms with Crippen LogP contribution in [0.15, 0.2) is 12.4 Å². The number of amides is 1. The van der Waals surface area contributed by atoms with Crippen LogP contribution in [0.5, 0.6) is 0 Å². The molecular weight excluding hydrogens is 369 g/mol. The summed E-state index contributed by atoms with van der Waals surface area (Å²) in [6.07, 6.45) is 2.83. The average Bonchev–Trinajstić information content (AvgIpc) is 2.85. The van der Waals surface area contributed by atoms with Gasteiger partial charge in [0.2, 0.25) is 5.91 Å². The number of hydrogen-bond donors (Lipinski definition) is 1. The SMILES string of the molecule is Cc1nc(NC(=O)C2(C)CC2(Cl)Cl)sc1-c1nccn1C(F)F. The molecule has 2 aromatic rings. The number of imidazole rings is 1. The summed E-state index contributed by atoms with van der Waals surface area (Å²) in [5.41, 5.74) is -0.376. The molecular formula is C13H12Cl2F2N4OS. The van der Waals surface area contributed by atoms with E-state index in [1.165, 1.54) is 12.4 Å². The maximum Gasteiger partial charge on any atom is 0.320 e. The summed E-state index contributed by atoms with van der Waals surface area (Å²) in [6, 6.07) is 0. The highest BCUT2D eigenvalue weighted by atomic mass is 35.5. The Labute approximate surface area is 144 Å². The molecule has 2 heterocycles. The second-order valence-corrected chi connectivity index (χ2v) is 8.02. The van der Waals surface area contributed by atoms with Gasteiger partial charge in [-0.1, -0.05) is 11.3 Å². The topological polar surface area (TPSA) is 59.8 Å². The zero-order valence-corrected chi connectivity index (χ0v) is 14.4. The molecule has 1 N–H and O–H groups in total. The van der Waals surface area contributed by atoms with Gasteiger partial charge < -0.3 is 5.32 Å². The van der Waals surface area contributed by atoms with E-state index in [1.807, 2.05) is 0 Å². The smallest absolute Gasteiger partial charge is 0.301 e. The lowest BCUT2D eigenvalue weighted by Gasteiger charge is -2.10. The maximum atomic E-state index is 13.0. The van der Waals surface area contributed by atoms with Gasteiger partial charge in [-0.2, -0.15) is 8.78 Å². The first kappa shape index (κ1) is 16.6. The fraction of sp³-hybridized carbons (Fsp3) is 0.462. The molecule has 124 valence electrons. The summed E-state index contributed by atoms with van der Waals surface area (Å²) in [4.78, 5) is 20.8. The van der Waals surface area contributed by atoms with Crippen molar-refractivity contribution in [2.24, 2.45) is 5.41 Å². The van der Waals surface area contributed by atoms with Crippen LogP contribution in [0.25, 0.3) is 10.7 Å². The van der Waals surface area contributed by atoms with Crippen molar-refractivity contribution in [1.29, 1.82) is 0 Å². The molecule has 1 aliphatic rings. The van der Waals surface area contributed by atoms with Crippen LogP contribution in [0.3, 0.4) is 0 Å². The zero-order valence-electron chi connectivity index (χ0n) is 12.1. The molecule has 0 aliphatic heterocycles. The van der Waals surface area contributed by atoms with Gasteiger partial charge in [-0.05, 0) is 20.3 Å². The molecule has 2 aromatic heterocycles. The Balaban J connectivity index is 1.85. The number of hydrogen-bond acceptors (Lipinski definition) is 4. The highest BCUT2D eigenvalue weighted by Crippen LogP contribution is 2.64. The van der Waals surface area contributed by atoms with E-state index in [1.54, 1.807) is 13.8 Å². The number of carbonyl (C=O) groups excluding carboxylic acids is 1. The van der Waals surface area contributed by atoms with Crippen LogP contribution in [-0.2, 0) is 4.79 Å². The molecule has 3 rings (SSSR count). The van der Waals surface area contributed by atoms with Crippen LogP contribution in [0.4, 0.5) is 13.9 Å². The van der Waals surface area contributed by atoms with Gasteiger partial charge in [0.05, 0.1) is 16.0 Å². The third-order valence-electron chi connectivity index (χ3n) is 3.86. The van der Waals surface area contributed by atoms with Gasteiger partial charge in [0.15, 0.2) is 11.0 Å². The molecule has 0 radical (unpaired) electrons. The third-order valence-corrected chi connectivity index (χ3v) is 6.03. The van der Waals surface area contributed by atoms with E-state index < -0.39 is 16.3 Å². The van der Waals surface area contributed by atoms with Gasteiger partial charge >= 0.3 is 6.55 Å². The summed E-state index contributed by atoms with van der Waals surface area (Å²) in [7, 11) is 0. The first-order valence-electron chi connectivity index (χ1n) is 6.64. The lowest BCUT2D eigenvalue weighted by atomic mass is 10.1. The normalized spacial score (nSPS) is 22.4. The van der Waals surface area contributed by atoms with Crippen molar-refractivity contribution < 1.29 is 13.6 Å². The lowest BCUT2D eigenvalue weighted by molar-refractivity contribution is -0.120. The predicted octanol–water partition coefficient (Wildman–Crippen LogP) is 4.23. The van der Waals surface area contributed by atoms with Crippen LogP contribution in [-0.4, -0.2) is 24.8 Å². The molecule has 1 fully saturated rings. The van der Waals surface area contributed by atoms with E-state index in [4.69, 9.17) is 23.2 Å². The van der Waals surface area contributed by atoms with Crippen molar-refractivity contribution >= 4 is 45.6 Å². The zero-order chi connectivity index (χ0) is 17.0. The monoisotopic (exact) mass is 380 g/mol. The van der Waals surface area contributed by atoms with Crippen LogP contribution < -0.4 is 5.32 Å². The Kier molecular flexibility index (Phi) is 3.89. The quantitative estimate of drug-likeness (QED) is 0.807. The number of nitrogens with one attached hydrogen (secondary N) is 1. The predicted molar refractivity (Wildman–Crippen MR) is 85.1 cm³/mol. The molecule has 1 amide bonds. The van der Waals surface area contributed by atoms with Crippen LogP contribution in [0.1, 0.15) is 25.6 Å². The minimum atomic E-state index is -2.70. The van der Waals surface area contributed by atoms with Gasteiger partial charge in [0, 0.05) is 12.4 Å². The van der Waals surface area contributed by atoms with E-state index in [-0.39, 0.29) is 11.7 Å². The molecule has 0 bridgehead atoms. The molecule has 1 atom stereocenters. The van der Waals surface area contributed by atoms with Gasteiger partial charge in [-0.3, -0.25) is 9.36 Å². The molecule has 23 heavy (non-hydrogen) atoms. The molecule has 0 spiro atoms. The van der Waals surface area contributed by atoms with Crippen molar-refractivity contribution in [2.75, 3.05) is 5.32 Å². The largest absolute Gasteiger partial charge is 0.320 e. The lowest BCUT2D eigenvalue weighted by Crippen LogP contribution is -2.25. The van der Waals surface area contributed by atoms with Gasteiger partial charge in [0.1, 0.15) is 4.33 Å². The molecule has 10 heteroatoms. The number of halogens is 4. The Morgan fingerprint density at radius 3 is 2.74 bits per heavy atom. The maximum absolute atomic E-state index is 13.0. The molecule has 1 saturated carbocycles. The standard InChI is InChI=1S/C13H12Cl2F2N4OS/c1-6-7(8-18-3-4-21(8)10(16)17)23-11(19-6)20-9(22)12(2)5-13(12,14)15/h3-4,10H,5H2,1-2H3,(H,19,20,22). The van der Waals surface area contributed by atoms with Crippen molar-refractivity contribution in [3.63, 3.8) is 0 Å². The number of carbonyl (C=O) groups is 1. The number of anilines is 1. The minimum absolute atomic E-state index is 0.108. The number of rotatable bonds is 4. The highest BCUT2D eigenvalue weighted by molar-refractivity contribution is 7.19. The van der Waals surface area contributed by atoms with Gasteiger partial charge in [-0.15, -0.1) is 23.2 Å². The highest BCUT2D eigenvalue weighted by Gasteiger charge is 2.68. The molecule has 5 nitrogen and oxygen atoms in total. The summed E-state index contributed by atoms with van der Waals surface area (Å²) < 4.78 is 25.6. The molecule has 1 aliphatic carbocycles. The summed E-state index contributed by atoms with van der Waals surface area (Å²) in [5, 5.41) is 2.94. The Morgan fingerprint density at radius 1 is 1.52 bits per heavy atom. The third kappa shape index (κ3) is 2.72. The Morgan fingerprint density at radius 2 is 2.17 bits per heavy atom. The van der Waals surface area contributed by atoms with Crippen molar-refractivity contribution in [3.8, 4) is 10.7 Å². The number of alkyl halides is 4. The fourth-order valence-electron chi connectivity index (χ4n) is 2.19. The van der Waals surface area contributed by atoms with E-state index in [9.17, 15) is 13.6 Å².